The second kappa shape index (κ2) is 6.02. The quantitative estimate of drug-likeness (QED) is 0.636. The molecule has 3 N–H and O–H groups in total. The molecule has 0 aromatic carbocycles. The fraction of sp³-hybridized carbons (Fsp3) is 0.529. The van der Waals surface area contributed by atoms with E-state index in [1.54, 1.807) is 6.33 Å². The second-order valence-corrected chi connectivity index (χ2v) is 7.10. The average Bonchev–Trinajstić information content (AvgIpc) is 3.19. The molecule has 0 saturated heterocycles. The first-order valence-electron chi connectivity index (χ1n) is 8.82. The van der Waals surface area contributed by atoms with Crippen molar-refractivity contribution in [3.63, 3.8) is 0 Å². The van der Waals surface area contributed by atoms with E-state index in [2.05, 4.69) is 56.4 Å². The zero-order valence-electron chi connectivity index (χ0n) is 15.0. The van der Waals surface area contributed by atoms with Crippen molar-refractivity contribution in [1.82, 2.24) is 29.7 Å². The van der Waals surface area contributed by atoms with E-state index >= 15 is 0 Å². The summed E-state index contributed by atoms with van der Waals surface area (Å²) in [4.78, 5) is 16.6. The molecule has 1 unspecified atom stereocenters. The van der Waals surface area contributed by atoms with Crippen LogP contribution in [-0.4, -0.2) is 35.8 Å². The highest BCUT2D eigenvalue weighted by Gasteiger charge is 2.28. The number of hydrogen-bond acceptors (Lipinski definition) is 6. The summed E-state index contributed by atoms with van der Waals surface area (Å²) in [5.41, 5.74) is 2.57. The molecule has 1 saturated carbocycles. The molecular weight excluding hydrogens is 316 g/mol. The Bertz CT molecular complexity index is 889. The van der Waals surface area contributed by atoms with Gasteiger partial charge in [-0.3, -0.25) is 4.68 Å². The first-order chi connectivity index (χ1) is 12.0. The smallest absolute Gasteiger partial charge is 0.232 e. The molecule has 0 radical (unpaired) electrons. The summed E-state index contributed by atoms with van der Waals surface area (Å²) in [6.07, 6.45) is 4.21. The molecule has 0 amide bonds. The van der Waals surface area contributed by atoms with E-state index in [-0.39, 0.29) is 0 Å². The van der Waals surface area contributed by atoms with Gasteiger partial charge in [0.15, 0.2) is 17.3 Å². The Morgan fingerprint density at radius 2 is 2.04 bits per heavy atom. The highest BCUT2D eigenvalue weighted by atomic mass is 15.3. The molecule has 0 aliphatic heterocycles. The molecule has 1 aliphatic carbocycles. The van der Waals surface area contributed by atoms with E-state index in [9.17, 15) is 0 Å². The van der Waals surface area contributed by atoms with Crippen molar-refractivity contribution in [2.24, 2.45) is 5.92 Å². The Morgan fingerprint density at radius 3 is 2.72 bits per heavy atom. The van der Waals surface area contributed by atoms with E-state index in [4.69, 9.17) is 0 Å². The fourth-order valence-corrected chi connectivity index (χ4v) is 3.11. The Hall–Kier alpha value is -2.64. The third kappa shape index (κ3) is 3.16. The maximum absolute atomic E-state index is 4.65. The molecule has 25 heavy (non-hydrogen) atoms. The highest BCUT2D eigenvalue weighted by molar-refractivity contribution is 5.84. The molecule has 0 bridgehead atoms. The van der Waals surface area contributed by atoms with Crippen molar-refractivity contribution in [2.45, 2.75) is 52.6 Å². The third-order valence-corrected chi connectivity index (χ3v) is 4.63. The van der Waals surface area contributed by atoms with Crippen molar-refractivity contribution in [3.05, 3.63) is 18.1 Å². The van der Waals surface area contributed by atoms with Gasteiger partial charge in [-0.15, -0.1) is 0 Å². The van der Waals surface area contributed by atoms with Crippen LogP contribution in [0.3, 0.4) is 0 Å². The van der Waals surface area contributed by atoms with E-state index in [0.29, 0.717) is 23.7 Å². The minimum Gasteiger partial charge on any atom is -0.365 e. The van der Waals surface area contributed by atoms with Crippen LogP contribution in [0.4, 0.5) is 17.6 Å². The zero-order chi connectivity index (χ0) is 17.6. The summed E-state index contributed by atoms with van der Waals surface area (Å²) >= 11 is 0. The maximum Gasteiger partial charge on any atom is 0.232 e. The fourth-order valence-electron chi connectivity index (χ4n) is 3.11. The lowest BCUT2D eigenvalue weighted by molar-refractivity contribution is 0.521. The van der Waals surface area contributed by atoms with Crippen molar-refractivity contribution >= 4 is 28.7 Å². The first kappa shape index (κ1) is 15.9. The van der Waals surface area contributed by atoms with Crippen molar-refractivity contribution in [2.75, 3.05) is 10.6 Å². The summed E-state index contributed by atoms with van der Waals surface area (Å²) in [6.45, 7) is 8.46. The molecule has 1 aliphatic rings. The summed E-state index contributed by atoms with van der Waals surface area (Å²) in [6, 6.07) is 2.69. The zero-order valence-corrected chi connectivity index (χ0v) is 15.0. The summed E-state index contributed by atoms with van der Waals surface area (Å²) < 4.78 is 1.98. The van der Waals surface area contributed by atoms with Gasteiger partial charge in [0.25, 0.3) is 0 Å². The van der Waals surface area contributed by atoms with Gasteiger partial charge in [-0.1, -0.05) is 0 Å². The second-order valence-electron chi connectivity index (χ2n) is 7.10. The van der Waals surface area contributed by atoms with Gasteiger partial charge in [0.1, 0.15) is 5.52 Å². The van der Waals surface area contributed by atoms with Crippen LogP contribution in [0.15, 0.2) is 12.4 Å². The van der Waals surface area contributed by atoms with Crippen LogP contribution < -0.4 is 10.6 Å². The minimum absolute atomic E-state index is 0.307. The first-order valence-corrected chi connectivity index (χ1v) is 8.82. The number of fused-ring (bicyclic) bond motifs is 1. The average molecular weight is 340 g/mol. The van der Waals surface area contributed by atoms with Gasteiger partial charge in [0, 0.05) is 23.8 Å². The number of rotatable bonds is 6. The van der Waals surface area contributed by atoms with Crippen molar-refractivity contribution in [3.8, 4) is 0 Å². The molecule has 3 aromatic rings. The van der Waals surface area contributed by atoms with E-state index < -0.39 is 0 Å². The Balaban J connectivity index is 1.64. The van der Waals surface area contributed by atoms with Gasteiger partial charge >= 0.3 is 0 Å². The van der Waals surface area contributed by atoms with Gasteiger partial charge in [0.2, 0.25) is 5.95 Å². The summed E-state index contributed by atoms with van der Waals surface area (Å²) in [5, 5.41) is 11.3. The van der Waals surface area contributed by atoms with Crippen molar-refractivity contribution < 1.29 is 0 Å². The number of hydrogen-bond donors (Lipinski definition) is 3. The number of H-pyrrole nitrogens is 1. The van der Waals surface area contributed by atoms with Crippen molar-refractivity contribution in [1.29, 1.82) is 0 Å². The number of nitrogens with one attached hydrogen (secondary N) is 3. The van der Waals surface area contributed by atoms with Crippen LogP contribution in [0.1, 0.15) is 45.3 Å². The van der Waals surface area contributed by atoms with Crippen LogP contribution in [0.25, 0.3) is 11.2 Å². The molecule has 4 rings (SSSR count). The predicted molar refractivity (Wildman–Crippen MR) is 98.1 cm³/mol. The number of aromatic nitrogens is 6. The molecular formula is C17H24N8. The minimum atomic E-state index is 0.307. The van der Waals surface area contributed by atoms with Crippen LogP contribution in [0, 0.1) is 12.8 Å². The monoisotopic (exact) mass is 340 g/mol. The van der Waals surface area contributed by atoms with E-state index in [0.717, 1.165) is 28.8 Å². The Kier molecular flexibility index (Phi) is 3.82. The van der Waals surface area contributed by atoms with Crippen LogP contribution >= 0.6 is 0 Å². The van der Waals surface area contributed by atoms with Crippen LogP contribution in [-0.2, 0) is 0 Å². The largest absolute Gasteiger partial charge is 0.365 e. The number of anilines is 3. The Morgan fingerprint density at radius 1 is 1.24 bits per heavy atom. The number of nitrogens with zero attached hydrogens (tertiary/aromatic N) is 5. The SMILES string of the molecule is Cc1cc(Nc2nc(NC(C)C3CC3)c3[nH]cnc3n2)nn1C(C)C. The third-order valence-electron chi connectivity index (χ3n) is 4.63. The summed E-state index contributed by atoms with van der Waals surface area (Å²) in [7, 11) is 0. The molecule has 1 atom stereocenters. The van der Waals surface area contributed by atoms with Gasteiger partial charge in [-0.2, -0.15) is 15.1 Å². The maximum atomic E-state index is 4.65. The lowest BCUT2D eigenvalue weighted by Gasteiger charge is -2.14. The number of aryl methyl sites for hydroxylation is 1. The summed E-state index contributed by atoms with van der Waals surface area (Å²) in [5.74, 6) is 2.75. The molecule has 132 valence electrons. The van der Waals surface area contributed by atoms with Gasteiger partial charge in [-0.05, 0) is 46.5 Å². The van der Waals surface area contributed by atoms with E-state index in [1.807, 2.05) is 17.7 Å². The van der Waals surface area contributed by atoms with Gasteiger partial charge < -0.3 is 15.6 Å². The predicted octanol–water partition coefficient (Wildman–Crippen LogP) is 3.39. The normalized spacial score (nSPS) is 15.7. The number of imidazole rings is 1. The van der Waals surface area contributed by atoms with Crippen LogP contribution in [0.2, 0.25) is 0 Å². The molecule has 3 aromatic heterocycles. The van der Waals surface area contributed by atoms with Gasteiger partial charge in [-0.25, -0.2) is 4.98 Å². The molecule has 8 nitrogen and oxygen atoms in total. The molecule has 3 heterocycles. The standard InChI is InChI=1S/C17H24N8/c1-9(2)25-10(3)7-13(24-25)21-17-22-15-14(18-8-19-15)16(23-17)20-11(4)12-5-6-12/h7-9,11-12H,5-6H2,1-4H3,(H3,18,19,20,21,22,23,24). The molecule has 8 heteroatoms. The molecule has 1 fully saturated rings. The highest BCUT2D eigenvalue weighted by Crippen LogP contribution is 2.34. The van der Waals surface area contributed by atoms with Crippen LogP contribution in [0.5, 0.6) is 0 Å². The number of aromatic amines is 1. The lowest BCUT2D eigenvalue weighted by atomic mass is 10.2. The Labute approximate surface area is 146 Å². The van der Waals surface area contributed by atoms with Gasteiger partial charge in [0.05, 0.1) is 6.33 Å². The van der Waals surface area contributed by atoms with E-state index in [1.165, 1.54) is 12.8 Å². The lowest BCUT2D eigenvalue weighted by Crippen LogP contribution is -2.19. The molecule has 0 spiro atoms. The topological polar surface area (TPSA) is 96.3 Å².